The largest absolute Gasteiger partial charge is 0.309 e. The summed E-state index contributed by atoms with van der Waals surface area (Å²) in [4.78, 5) is 0. The zero-order chi connectivity index (χ0) is 14.9. The van der Waals surface area contributed by atoms with Gasteiger partial charge in [0.2, 0.25) is 0 Å². The topological polar surface area (TPSA) is 12.0 Å². The molecule has 0 fully saturated rings. The van der Waals surface area contributed by atoms with Crippen LogP contribution in [-0.2, 0) is 0 Å². The van der Waals surface area contributed by atoms with Crippen molar-refractivity contribution in [1.29, 1.82) is 0 Å². The molecule has 0 aliphatic heterocycles. The first kappa shape index (κ1) is 14.5. The fraction of sp³-hybridized carbons (Fsp3) is 0.200. The second kappa shape index (κ2) is 5.63. The van der Waals surface area contributed by atoms with E-state index in [9.17, 15) is 17.6 Å². The van der Waals surface area contributed by atoms with Crippen LogP contribution in [0, 0.1) is 30.2 Å². The van der Waals surface area contributed by atoms with Crippen molar-refractivity contribution in [2.75, 3.05) is 7.05 Å². The van der Waals surface area contributed by atoms with Crippen molar-refractivity contribution in [3.05, 3.63) is 70.3 Å². The molecule has 106 valence electrons. The molecule has 1 unspecified atom stereocenters. The van der Waals surface area contributed by atoms with Crippen molar-refractivity contribution < 1.29 is 17.6 Å². The van der Waals surface area contributed by atoms with Crippen LogP contribution in [0.2, 0.25) is 0 Å². The van der Waals surface area contributed by atoms with E-state index in [0.717, 1.165) is 12.1 Å². The summed E-state index contributed by atoms with van der Waals surface area (Å²) in [6.45, 7) is 1.59. The van der Waals surface area contributed by atoms with E-state index in [4.69, 9.17) is 0 Å². The lowest BCUT2D eigenvalue weighted by molar-refractivity contribution is 0.443. The van der Waals surface area contributed by atoms with Gasteiger partial charge in [0.25, 0.3) is 0 Å². The average molecular weight is 283 g/mol. The van der Waals surface area contributed by atoms with Gasteiger partial charge in [-0.25, -0.2) is 17.6 Å². The highest BCUT2D eigenvalue weighted by Gasteiger charge is 2.18. The lowest BCUT2D eigenvalue weighted by Crippen LogP contribution is -2.18. The molecule has 2 aromatic carbocycles. The number of aryl methyl sites for hydroxylation is 1. The summed E-state index contributed by atoms with van der Waals surface area (Å²) in [7, 11) is 1.60. The zero-order valence-electron chi connectivity index (χ0n) is 11.0. The van der Waals surface area contributed by atoms with Gasteiger partial charge in [-0.2, -0.15) is 0 Å². The molecule has 0 aliphatic rings. The third kappa shape index (κ3) is 2.67. The summed E-state index contributed by atoms with van der Waals surface area (Å²) >= 11 is 0. The van der Waals surface area contributed by atoms with E-state index in [-0.39, 0.29) is 11.4 Å². The van der Waals surface area contributed by atoms with Crippen molar-refractivity contribution in [2.45, 2.75) is 13.0 Å². The van der Waals surface area contributed by atoms with Crippen LogP contribution in [0.4, 0.5) is 17.6 Å². The first-order chi connectivity index (χ1) is 9.43. The maximum atomic E-state index is 13.3. The molecule has 1 atom stereocenters. The first-order valence-electron chi connectivity index (χ1n) is 6.01. The molecule has 0 radical (unpaired) electrons. The predicted octanol–water partition coefficient (Wildman–Crippen LogP) is 3.86. The van der Waals surface area contributed by atoms with E-state index in [1.165, 1.54) is 12.1 Å². The monoisotopic (exact) mass is 283 g/mol. The maximum Gasteiger partial charge on any atom is 0.194 e. The van der Waals surface area contributed by atoms with E-state index in [1.807, 2.05) is 0 Å². The second-order valence-electron chi connectivity index (χ2n) is 4.53. The van der Waals surface area contributed by atoms with Gasteiger partial charge in [0.05, 0.1) is 6.04 Å². The Morgan fingerprint density at radius 3 is 1.95 bits per heavy atom. The second-order valence-corrected chi connectivity index (χ2v) is 4.53. The van der Waals surface area contributed by atoms with Gasteiger partial charge >= 0.3 is 0 Å². The molecule has 5 heteroatoms. The van der Waals surface area contributed by atoms with Gasteiger partial charge < -0.3 is 5.32 Å². The molecule has 0 bridgehead atoms. The Kier molecular flexibility index (Phi) is 4.09. The highest BCUT2D eigenvalue weighted by molar-refractivity contribution is 5.35. The molecule has 0 aliphatic carbocycles. The molecule has 0 saturated heterocycles. The molecule has 0 saturated carbocycles. The fourth-order valence-corrected chi connectivity index (χ4v) is 2.12. The highest BCUT2D eigenvalue weighted by Crippen LogP contribution is 2.26. The average Bonchev–Trinajstić information content (AvgIpc) is 2.41. The fourth-order valence-electron chi connectivity index (χ4n) is 2.12. The van der Waals surface area contributed by atoms with Gasteiger partial charge in [0.15, 0.2) is 17.5 Å². The molecule has 0 amide bonds. The number of hydrogen-bond donors (Lipinski definition) is 1. The van der Waals surface area contributed by atoms with Crippen LogP contribution in [0.3, 0.4) is 0 Å². The number of hydrogen-bond acceptors (Lipinski definition) is 1. The number of benzene rings is 2. The Morgan fingerprint density at radius 1 is 0.850 bits per heavy atom. The van der Waals surface area contributed by atoms with Crippen LogP contribution in [0.1, 0.15) is 22.7 Å². The predicted molar refractivity (Wildman–Crippen MR) is 68.4 cm³/mol. The molecule has 0 aromatic heterocycles. The molecule has 0 heterocycles. The lowest BCUT2D eigenvalue weighted by Gasteiger charge is -2.18. The van der Waals surface area contributed by atoms with Crippen LogP contribution in [-0.4, -0.2) is 7.05 Å². The normalized spacial score (nSPS) is 12.5. The summed E-state index contributed by atoms with van der Waals surface area (Å²) < 4.78 is 52.8. The van der Waals surface area contributed by atoms with E-state index in [2.05, 4.69) is 5.32 Å². The molecule has 2 aromatic rings. The van der Waals surface area contributed by atoms with Crippen molar-refractivity contribution in [3.8, 4) is 0 Å². The summed E-state index contributed by atoms with van der Waals surface area (Å²) in [5.74, 6) is -4.36. The van der Waals surface area contributed by atoms with Crippen molar-refractivity contribution in [1.82, 2.24) is 5.32 Å². The molecule has 1 nitrogen and oxygen atoms in total. The minimum atomic E-state index is -1.50. The molecule has 0 spiro atoms. The molecule has 2 rings (SSSR count). The van der Waals surface area contributed by atoms with E-state index in [0.29, 0.717) is 11.1 Å². The third-order valence-corrected chi connectivity index (χ3v) is 3.14. The van der Waals surface area contributed by atoms with Gasteiger partial charge in [-0.15, -0.1) is 0 Å². The summed E-state index contributed by atoms with van der Waals surface area (Å²) in [6, 6.07) is 5.68. The Bertz CT molecular complexity index is 617. The molecule has 20 heavy (non-hydrogen) atoms. The van der Waals surface area contributed by atoms with E-state index in [1.54, 1.807) is 20.0 Å². The van der Waals surface area contributed by atoms with Crippen LogP contribution in [0.5, 0.6) is 0 Å². The zero-order valence-corrected chi connectivity index (χ0v) is 11.0. The smallest absolute Gasteiger partial charge is 0.194 e. The third-order valence-electron chi connectivity index (χ3n) is 3.14. The number of nitrogens with one attached hydrogen (secondary N) is 1. The standard InChI is InChI=1S/C15H13F4N/c1-8-5-9(3-4-11(8)16)15(20-2)10-6-12(17)14(19)13(18)7-10/h3-7,15,20H,1-2H3. The Morgan fingerprint density at radius 2 is 1.45 bits per heavy atom. The van der Waals surface area contributed by atoms with Crippen LogP contribution < -0.4 is 5.32 Å². The lowest BCUT2D eigenvalue weighted by atomic mass is 9.97. The molecular weight excluding hydrogens is 270 g/mol. The van der Waals surface area contributed by atoms with Crippen LogP contribution in [0.25, 0.3) is 0 Å². The van der Waals surface area contributed by atoms with E-state index < -0.39 is 23.5 Å². The highest BCUT2D eigenvalue weighted by atomic mass is 19.2. The van der Waals surface area contributed by atoms with Gasteiger partial charge in [-0.1, -0.05) is 12.1 Å². The SMILES string of the molecule is CNC(c1ccc(F)c(C)c1)c1cc(F)c(F)c(F)c1. The molecular formula is C15H13F4N. The van der Waals surface area contributed by atoms with Crippen molar-refractivity contribution in [2.24, 2.45) is 0 Å². The van der Waals surface area contributed by atoms with Gasteiger partial charge in [0, 0.05) is 0 Å². The maximum absolute atomic E-state index is 13.3. The molecule has 1 N–H and O–H groups in total. The summed E-state index contributed by atoms with van der Waals surface area (Å²) in [5, 5.41) is 2.88. The Hall–Kier alpha value is -1.88. The quantitative estimate of drug-likeness (QED) is 0.666. The van der Waals surface area contributed by atoms with Crippen LogP contribution in [0.15, 0.2) is 30.3 Å². The van der Waals surface area contributed by atoms with Crippen molar-refractivity contribution >= 4 is 0 Å². The minimum Gasteiger partial charge on any atom is -0.309 e. The van der Waals surface area contributed by atoms with Gasteiger partial charge in [0.1, 0.15) is 5.82 Å². The number of rotatable bonds is 3. The summed E-state index contributed by atoms with van der Waals surface area (Å²) in [6.07, 6.45) is 0. The Labute approximate surface area is 114 Å². The van der Waals surface area contributed by atoms with E-state index >= 15 is 0 Å². The first-order valence-corrected chi connectivity index (χ1v) is 6.01. The van der Waals surface area contributed by atoms with Crippen LogP contribution >= 0.6 is 0 Å². The van der Waals surface area contributed by atoms with Gasteiger partial charge in [-0.05, 0) is 48.9 Å². The van der Waals surface area contributed by atoms with Gasteiger partial charge in [-0.3, -0.25) is 0 Å². The number of halogens is 4. The van der Waals surface area contributed by atoms with Crippen molar-refractivity contribution in [3.63, 3.8) is 0 Å². The minimum absolute atomic E-state index is 0.231. The Balaban J connectivity index is 2.49. The summed E-state index contributed by atoms with van der Waals surface area (Å²) in [5.41, 5.74) is 1.29.